The van der Waals surface area contributed by atoms with Gasteiger partial charge in [-0.15, -0.1) is 0 Å². The van der Waals surface area contributed by atoms with E-state index in [4.69, 9.17) is 15.6 Å². The molecule has 4 atom stereocenters. The van der Waals surface area contributed by atoms with Gasteiger partial charge in [0.1, 0.15) is 24.0 Å². The van der Waals surface area contributed by atoms with Crippen LogP contribution in [0.2, 0.25) is 0 Å². The van der Waals surface area contributed by atoms with E-state index in [1.54, 1.807) is 0 Å². The van der Waals surface area contributed by atoms with Crippen molar-refractivity contribution >= 4 is 17.5 Å². The minimum atomic E-state index is -1.23. The number of nitrogens with one attached hydrogen (secondary N) is 2. The first-order valence-electron chi connectivity index (χ1n) is 6.05. The normalized spacial score (nSPS) is 32.2. The molecule has 3 heterocycles. The Morgan fingerprint density at radius 2 is 2.20 bits per heavy atom. The summed E-state index contributed by atoms with van der Waals surface area (Å²) in [6, 6.07) is 0. The number of nitrogens with two attached hydrogens (primary N) is 1. The minimum Gasteiger partial charge on any atom is -0.394 e. The molecule has 0 amide bonds. The number of aliphatic hydroxyl groups excluding tert-OH is 3. The largest absolute Gasteiger partial charge is 0.394 e. The summed E-state index contributed by atoms with van der Waals surface area (Å²) in [7, 11) is 0. The molecular formula is C10H15N5O5. The number of aromatic amines is 1. The maximum atomic E-state index is 11.7. The number of fused-ring (bicyclic) bond motifs is 1. The van der Waals surface area contributed by atoms with Crippen molar-refractivity contribution in [3.8, 4) is 0 Å². The summed E-state index contributed by atoms with van der Waals surface area (Å²) in [5.74, 6) is 0.176. The lowest BCUT2D eigenvalue weighted by Crippen LogP contribution is -2.44. The number of nitrogen functional groups attached to an aromatic ring is 1. The van der Waals surface area contributed by atoms with Gasteiger partial charge in [-0.3, -0.25) is 9.78 Å². The van der Waals surface area contributed by atoms with Crippen LogP contribution < -0.4 is 21.5 Å². The van der Waals surface area contributed by atoms with Crippen LogP contribution in [0.5, 0.6) is 0 Å². The monoisotopic (exact) mass is 285 g/mol. The van der Waals surface area contributed by atoms with Crippen LogP contribution in [0.15, 0.2) is 4.79 Å². The number of nitrogens with zero attached hydrogens (tertiary/aromatic N) is 2. The molecule has 10 nitrogen and oxygen atoms in total. The van der Waals surface area contributed by atoms with E-state index in [-0.39, 0.29) is 24.1 Å². The predicted octanol–water partition coefficient (Wildman–Crippen LogP) is -3.02. The van der Waals surface area contributed by atoms with Crippen LogP contribution in [-0.4, -0.2) is 63.1 Å². The first-order chi connectivity index (χ1) is 9.52. The summed E-state index contributed by atoms with van der Waals surface area (Å²) < 4.78 is 5.40. The second-order valence-electron chi connectivity index (χ2n) is 4.68. The number of aliphatic hydroxyl groups is 3. The molecule has 0 saturated carbocycles. The van der Waals surface area contributed by atoms with Crippen LogP contribution in [0, 0.1) is 0 Å². The Balaban J connectivity index is 1.94. The second kappa shape index (κ2) is 4.59. The van der Waals surface area contributed by atoms with Crippen LogP contribution in [0.4, 0.5) is 17.5 Å². The summed E-state index contributed by atoms with van der Waals surface area (Å²) in [4.78, 5) is 19.5. The summed E-state index contributed by atoms with van der Waals surface area (Å²) in [5.41, 5.74) is 5.28. The topological polar surface area (TPSA) is 157 Å². The average molecular weight is 285 g/mol. The first-order valence-corrected chi connectivity index (χ1v) is 6.05. The van der Waals surface area contributed by atoms with Crippen LogP contribution in [0.25, 0.3) is 0 Å². The van der Waals surface area contributed by atoms with E-state index in [2.05, 4.69) is 15.3 Å². The van der Waals surface area contributed by atoms with Gasteiger partial charge in [0.05, 0.1) is 13.3 Å². The van der Waals surface area contributed by atoms with Crippen molar-refractivity contribution in [2.45, 2.75) is 24.5 Å². The lowest BCUT2D eigenvalue weighted by molar-refractivity contribution is -0.0219. The van der Waals surface area contributed by atoms with Crippen molar-refractivity contribution in [2.24, 2.45) is 0 Å². The van der Waals surface area contributed by atoms with E-state index in [0.717, 1.165) is 0 Å². The Hall–Kier alpha value is -1.88. The Morgan fingerprint density at radius 3 is 2.85 bits per heavy atom. The second-order valence-corrected chi connectivity index (χ2v) is 4.68. The molecule has 3 rings (SSSR count). The number of ether oxygens (including phenoxy) is 1. The molecule has 0 radical (unpaired) electrons. The number of aromatic nitrogens is 2. The highest BCUT2D eigenvalue weighted by Crippen LogP contribution is 2.33. The van der Waals surface area contributed by atoms with E-state index < -0.39 is 36.7 Å². The Bertz CT molecular complexity index is 578. The fourth-order valence-corrected chi connectivity index (χ4v) is 2.43. The predicted molar refractivity (Wildman–Crippen MR) is 68.0 cm³/mol. The van der Waals surface area contributed by atoms with Crippen molar-refractivity contribution in [3.63, 3.8) is 0 Å². The van der Waals surface area contributed by atoms with Gasteiger partial charge in [0.25, 0.3) is 5.56 Å². The maximum absolute atomic E-state index is 11.7. The van der Waals surface area contributed by atoms with Crippen molar-refractivity contribution in [3.05, 3.63) is 10.4 Å². The molecule has 20 heavy (non-hydrogen) atoms. The molecule has 0 spiro atoms. The summed E-state index contributed by atoms with van der Waals surface area (Å²) in [6.45, 7) is -0.255. The number of H-pyrrole nitrogens is 1. The molecule has 7 N–H and O–H groups in total. The van der Waals surface area contributed by atoms with Gasteiger partial charge in [0.15, 0.2) is 12.0 Å². The molecule has 1 aromatic heterocycles. The van der Waals surface area contributed by atoms with Crippen molar-refractivity contribution < 1.29 is 20.1 Å². The fourth-order valence-electron chi connectivity index (χ4n) is 2.43. The third-order valence-corrected chi connectivity index (χ3v) is 3.44. The molecule has 0 aromatic carbocycles. The van der Waals surface area contributed by atoms with Crippen LogP contribution in [0.1, 0.15) is 0 Å². The third-order valence-electron chi connectivity index (χ3n) is 3.44. The highest BCUT2D eigenvalue weighted by molar-refractivity contribution is 5.71. The van der Waals surface area contributed by atoms with Crippen LogP contribution in [0.3, 0.4) is 0 Å². The van der Waals surface area contributed by atoms with E-state index in [0.29, 0.717) is 0 Å². The first kappa shape index (κ1) is 13.1. The van der Waals surface area contributed by atoms with Gasteiger partial charge < -0.3 is 36.0 Å². The van der Waals surface area contributed by atoms with Gasteiger partial charge in [-0.1, -0.05) is 0 Å². The molecule has 1 saturated heterocycles. The van der Waals surface area contributed by atoms with Crippen molar-refractivity contribution in [1.82, 2.24) is 9.97 Å². The van der Waals surface area contributed by atoms with E-state index >= 15 is 0 Å². The molecule has 2 aliphatic heterocycles. The number of anilines is 3. The SMILES string of the molecule is Nc1nc2c(c(=O)[nH]1)NCN2[C@@H]1O[C@H](CO)[C@@H](O)[C@H]1O. The zero-order chi connectivity index (χ0) is 14.4. The highest BCUT2D eigenvalue weighted by atomic mass is 16.6. The van der Waals surface area contributed by atoms with Gasteiger partial charge in [-0.25, -0.2) is 0 Å². The van der Waals surface area contributed by atoms with Crippen LogP contribution in [-0.2, 0) is 4.74 Å². The highest BCUT2D eigenvalue weighted by Gasteiger charge is 2.47. The quantitative estimate of drug-likeness (QED) is 0.333. The minimum absolute atomic E-state index is 0.0609. The smallest absolute Gasteiger partial charge is 0.277 e. The summed E-state index contributed by atoms with van der Waals surface area (Å²) in [6.07, 6.45) is -4.27. The molecule has 0 aliphatic carbocycles. The average Bonchev–Trinajstić information content (AvgIpc) is 2.93. The Kier molecular flexibility index (Phi) is 3.01. The van der Waals surface area contributed by atoms with E-state index in [1.807, 2.05) is 0 Å². The molecule has 2 aliphatic rings. The Labute approximate surface area is 112 Å². The Morgan fingerprint density at radius 1 is 1.45 bits per heavy atom. The molecule has 1 aromatic rings. The van der Waals surface area contributed by atoms with Gasteiger partial charge >= 0.3 is 0 Å². The summed E-state index contributed by atoms with van der Waals surface area (Å²) in [5, 5.41) is 31.6. The van der Waals surface area contributed by atoms with Gasteiger partial charge in [0.2, 0.25) is 5.95 Å². The van der Waals surface area contributed by atoms with Crippen LogP contribution >= 0.6 is 0 Å². The zero-order valence-corrected chi connectivity index (χ0v) is 10.4. The van der Waals surface area contributed by atoms with Gasteiger partial charge in [0, 0.05) is 0 Å². The lowest BCUT2D eigenvalue weighted by atomic mass is 10.1. The molecule has 110 valence electrons. The fraction of sp³-hybridized carbons (Fsp3) is 0.600. The molecule has 0 bridgehead atoms. The third kappa shape index (κ3) is 1.81. The van der Waals surface area contributed by atoms with Gasteiger partial charge in [-0.2, -0.15) is 4.98 Å². The molecule has 10 heteroatoms. The maximum Gasteiger partial charge on any atom is 0.277 e. The van der Waals surface area contributed by atoms with E-state index in [9.17, 15) is 15.0 Å². The number of rotatable bonds is 2. The zero-order valence-electron chi connectivity index (χ0n) is 10.4. The summed E-state index contributed by atoms with van der Waals surface area (Å²) >= 11 is 0. The lowest BCUT2D eigenvalue weighted by Gasteiger charge is -2.26. The molecular weight excluding hydrogens is 270 g/mol. The molecule has 0 unspecified atom stereocenters. The standard InChI is InChI=1S/C10H15N5O5/c11-10-13-7-4(8(19)14-10)12-2-15(7)9-6(18)5(17)3(1-16)20-9/h3,5-6,9,12,16-18H,1-2H2,(H3,11,13,14,19)/t3-,5-,6-,9-/m1/s1. The van der Waals surface area contributed by atoms with E-state index in [1.165, 1.54) is 4.90 Å². The number of hydrogen-bond acceptors (Lipinski definition) is 9. The van der Waals surface area contributed by atoms with Crippen molar-refractivity contribution in [1.29, 1.82) is 0 Å². The van der Waals surface area contributed by atoms with Gasteiger partial charge in [-0.05, 0) is 0 Å². The number of hydrogen-bond donors (Lipinski definition) is 6. The van der Waals surface area contributed by atoms with Crippen molar-refractivity contribution in [2.75, 3.05) is 29.2 Å². The molecule has 1 fully saturated rings.